The molecule has 0 spiro atoms. The van der Waals surface area contributed by atoms with Crippen molar-refractivity contribution in [3.8, 4) is 0 Å². The lowest BCUT2D eigenvalue weighted by atomic mass is 10.0. The van der Waals surface area contributed by atoms with Gasteiger partial charge in [-0.15, -0.1) is 0 Å². The van der Waals surface area contributed by atoms with E-state index in [9.17, 15) is 0 Å². The number of nitrogens with zero attached hydrogens (tertiary/aromatic N) is 2. The minimum absolute atomic E-state index is 0.170. The summed E-state index contributed by atoms with van der Waals surface area (Å²) < 4.78 is 0. The molecule has 1 heterocycles. The van der Waals surface area contributed by atoms with Gasteiger partial charge in [-0.25, -0.2) is 9.97 Å². The Kier molecular flexibility index (Phi) is 3.69. The van der Waals surface area contributed by atoms with Crippen LogP contribution in [0.25, 0.3) is 11.0 Å². The van der Waals surface area contributed by atoms with E-state index in [-0.39, 0.29) is 6.04 Å². The molecule has 0 fully saturated rings. The van der Waals surface area contributed by atoms with E-state index < -0.39 is 0 Å². The lowest BCUT2D eigenvalue weighted by molar-refractivity contribution is 0.745. The van der Waals surface area contributed by atoms with Crippen molar-refractivity contribution in [2.75, 3.05) is 11.1 Å². The number of para-hydroxylation sites is 2. The largest absolute Gasteiger partial charge is 0.381 e. The Balaban J connectivity index is 1.95. The molecule has 2 aromatic carbocycles. The second kappa shape index (κ2) is 5.79. The van der Waals surface area contributed by atoms with E-state index in [2.05, 4.69) is 34.3 Å². The zero-order chi connectivity index (χ0) is 14.7. The standard InChI is InChI=1S/C17H18N4/c1-2-13(12-8-4-3-5-9-12)20-17-16(18)19-14-10-6-7-11-15(14)21-17/h3-11,13H,2H2,1H3,(H2,18,19)(H,20,21). The normalized spacial score (nSPS) is 12.2. The predicted octanol–water partition coefficient (Wildman–Crippen LogP) is 3.78. The van der Waals surface area contributed by atoms with Crippen LogP contribution in [0.15, 0.2) is 54.6 Å². The second-order valence-electron chi connectivity index (χ2n) is 4.96. The number of anilines is 2. The van der Waals surface area contributed by atoms with Crippen molar-refractivity contribution in [2.45, 2.75) is 19.4 Å². The van der Waals surface area contributed by atoms with E-state index in [0.717, 1.165) is 17.5 Å². The van der Waals surface area contributed by atoms with Gasteiger partial charge in [-0.2, -0.15) is 0 Å². The first-order chi connectivity index (χ1) is 10.3. The maximum Gasteiger partial charge on any atom is 0.170 e. The molecule has 0 aliphatic carbocycles. The molecule has 1 aromatic heterocycles. The summed E-state index contributed by atoms with van der Waals surface area (Å²) in [6, 6.07) is 18.2. The first-order valence-corrected chi connectivity index (χ1v) is 7.11. The van der Waals surface area contributed by atoms with Gasteiger partial charge in [-0.3, -0.25) is 0 Å². The number of nitrogen functional groups attached to an aromatic ring is 1. The first kappa shape index (κ1) is 13.4. The number of hydrogen-bond acceptors (Lipinski definition) is 4. The lowest BCUT2D eigenvalue weighted by Gasteiger charge is -2.19. The van der Waals surface area contributed by atoms with Crippen molar-refractivity contribution in [1.29, 1.82) is 0 Å². The van der Waals surface area contributed by atoms with Crippen LogP contribution in [-0.2, 0) is 0 Å². The van der Waals surface area contributed by atoms with Crippen molar-refractivity contribution in [3.05, 3.63) is 60.2 Å². The summed E-state index contributed by atoms with van der Waals surface area (Å²) in [5.74, 6) is 1.08. The third-order valence-corrected chi connectivity index (χ3v) is 3.52. The number of rotatable bonds is 4. The zero-order valence-corrected chi connectivity index (χ0v) is 12.0. The Morgan fingerprint density at radius 2 is 1.57 bits per heavy atom. The Morgan fingerprint density at radius 1 is 0.952 bits per heavy atom. The minimum atomic E-state index is 0.170. The highest BCUT2D eigenvalue weighted by Gasteiger charge is 2.12. The van der Waals surface area contributed by atoms with Gasteiger partial charge in [-0.05, 0) is 24.1 Å². The molecule has 0 amide bonds. The summed E-state index contributed by atoms with van der Waals surface area (Å²) in [4.78, 5) is 9.00. The van der Waals surface area contributed by atoms with Crippen molar-refractivity contribution in [1.82, 2.24) is 9.97 Å². The van der Waals surface area contributed by atoms with Gasteiger partial charge in [0.25, 0.3) is 0 Å². The Labute approximate surface area is 124 Å². The van der Waals surface area contributed by atoms with Gasteiger partial charge < -0.3 is 11.1 Å². The van der Waals surface area contributed by atoms with E-state index in [1.54, 1.807) is 0 Å². The Bertz CT molecular complexity index is 740. The molecule has 3 aromatic rings. The van der Waals surface area contributed by atoms with Gasteiger partial charge in [0.1, 0.15) is 0 Å². The lowest BCUT2D eigenvalue weighted by Crippen LogP contribution is -2.13. The van der Waals surface area contributed by atoms with Crippen LogP contribution in [-0.4, -0.2) is 9.97 Å². The monoisotopic (exact) mass is 278 g/mol. The number of fused-ring (bicyclic) bond motifs is 1. The summed E-state index contributed by atoms with van der Waals surface area (Å²) in [7, 11) is 0. The molecule has 0 bridgehead atoms. The number of hydrogen-bond donors (Lipinski definition) is 2. The van der Waals surface area contributed by atoms with Crippen molar-refractivity contribution in [3.63, 3.8) is 0 Å². The highest BCUT2D eigenvalue weighted by atomic mass is 15.1. The van der Waals surface area contributed by atoms with E-state index in [1.165, 1.54) is 5.56 Å². The third-order valence-electron chi connectivity index (χ3n) is 3.52. The fourth-order valence-corrected chi connectivity index (χ4v) is 2.39. The predicted molar refractivity (Wildman–Crippen MR) is 87.0 cm³/mol. The van der Waals surface area contributed by atoms with E-state index in [0.29, 0.717) is 11.6 Å². The summed E-state index contributed by atoms with van der Waals surface area (Å²) >= 11 is 0. The highest BCUT2D eigenvalue weighted by molar-refractivity contribution is 5.79. The maximum atomic E-state index is 6.03. The Hall–Kier alpha value is -2.62. The first-order valence-electron chi connectivity index (χ1n) is 7.11. The van der Waals surface area contributed by atoms with Crippen LogP contribution in [0, 0.1) is 0 Å². The van der Waals surface area contributed by atoms with Gasteiger partial charge in [0.15, 0.2) is 11.6 Å². The summed E-state index contributed by atoms with van der Waals surface area (Å²) in [6.45, 7) is 2.13. The van der Waals surface area contributed by atoms with E-state index in [4.69, 9.17) is 5.73 Å². The van der Waals surface area contributed by atoms with Gasteiger partial charge >= 0.3 is 0 Å². The molecule has 4 heteroatoms. The fourth-order valence-electron chi connectivity index (χ4n) is 2.39. The van der Waals surface area contributed by atoms with Crippen molar-refractivity contribution in [2.24, 2.45) is 0 Å². The average Bonchev–Trinajstić information content (AvgIpc) is 2.53. The molecule has 1 atom stereocenters. The maximum absolute atomic E-state index is 6.03. The fraction of sp³-hybridized carbons (Fsp3) is 0.176. The van der Waals surface area contributed by atoms with Crippen molar-refractivity contribution >= 4 is 22.7 Å². The summed E-state index contributed by atoms with van der Waals surface area (Å²) in [5, 5.41) is 3.41. The molecule has 0 saturated heterocycles. The van der Waals surface area contributed by atoms with Crippen molar-refractivity contribution < 1.29 is 0 Å². The minimum Gasteiger partial charge on any atom is -0.381 e. The van der Waals surface area contributed by atoms with Gasteiger partial charge in [0.05, 0.1) is 17.1 Å². The molecule has 3 rings (SSSR count). The van der Waals surface area contributed by atoms with Crippen LogP contribution in [0.3, 0.4) is 0 Å². The number of benzene rings is 2. The molecular formula is C17H18N4. The second-order valence-corrected chi connectivity index (χ2v) is 4.96. The quantitative estimate of drug-likeness (QED) is 0.762. The molecule has 0 aliphatic heterocycles. The Morgan fingerprint density at radius 3 is 2.24 bits per heavy atom. The van der Waals surface area contributed by atoms with Crippen LogP contribution in [0.4, 0.5) is 11.6 Å². The highest BCUT2D eigenvalue weighted by Crippen LogP contribution is 2.25. The molecule has 0 aliphatic rings. The number of nitrogens with two attached hydrogens (primary N) is 1. The summed E-state index contributed by atoms with van der Waals surface area (Å²) in [5.41, 5.74) is 8.91. The molecule has 21 heavy (non-hydrogen) atoms. The smallest absolute Gasteiger partial charge is 0.170 e. The van der Waals surface area contributed by atoms with Crippen LogP contribution in [0.5, 0.6) is 0 Å². The molecule has 4 nitrogen and oxygen atoms in total. The van der Waals surface area contributed by atoms with Crippen LogP contribution < -0.4 is 11.1 Å². The number of aromatic nitrogens is 2. The summed E-state index contributed by atoms with van der Waals surface area (Å²) in [6.07, 6.45) is 0.942. The van der Waals surface area contributed by atoms with Crippen LogP contribution in [0.2, 0.25) is 0 Å². The van der Waals surface area contributed by atoms with Crippen LogP contribution in [0.1, 0.15) is 24.9 Å². The number of nitrogens with one attached hydrogen (secondary N) is 1. The van der Waals surface area contributed by atoms with E-state index >= 15 is 0 Å². The topological polar surface area (TPSA) is 63.8 Å². The third kappa shape index (κ3) is 2.79. The molecule has 1 unspecified atom stereocenters. The molecule has 3 N–H and O–H groups in total. The molecule has 0 saturated carbocycles. The average molecular weight is 278 g/mol. The van der Waals surface area contributed by atoms with E-state index in [1.807, 2.05) is 42.5 Å². The SMILES string of the molecule is CCC(Nc1nc2ccccc2nc1N)c1ccccc1. The van der Waals surface area contributed by atoms with Gasteiger partial charge in [0.2, 0.25) is 0 Å². The van der Waals surface area contributed by atoms with Gasteiger partial charge in [-0.1, -0.05) is 49.4 Å². The molecular weight excluding hydrogens is 260 g/mol. The zero-order valence-electron chi connectivity index (χ0n) is 12.0. The molecule has 0 radical (unpaired) electrons. The van der Waals surface area contributed by atoms with Crippen LogP contribution >= 0.6 is 0 Å². The molecule has 106 valence electrons. The van der Waals surface area contributed by atoms with Gasteiger partial charge in [0, 0.05) is 0 Å².